The van der Waals surface area contributed by atoms with Gasteiger partial charge < -0.3 is 10.4 Å². The number of carbonyl (C=O) groups is 2. The summed E-state index contributed by atoms with van der Waals surface area (Å²) < 4.78 is 10.2. The number of hydrogen-bond donors (Lipinski definition) is 3. The number of carboxylic acids is 1. The fourth-order valence-electron chi connectivity index (χ4n) is 0.587. The summed E-state index contributed by atoms with van der Waals surface area (Å²) in [4.78, 5) is 29.1. The second-order valence-electron chi connectivity index (χ2n) is 2.13. The summed E-state index contributed by atoms with van der Waals surface area (Å²) in [5.41, 5.74) is 0. The lowest BCUT2D eigenvalue weighted by atomic mass is 10.3. The van der Waals surface area contributed by atoms with Gasteiger partial charge in [-0.15, -0.1) is 0 Å². The number of carboxylic acid groups (broad SMARTS) is 1. The predicted molar refractivity (Wildman–Crippen MR) is 39.9 cm³/mol. The Kier molecular flexibility index (Phi) is 4.39. The van der Waals surface area contributed by atoms with Gasteiger partial charge in [-0.2, -0.15) is 4.89 Å². The molecule has 0 rings (SSSR count). The van der Waals surface area contributed by atoms with E-state index in [-0.39, 0.29) is 0 Å². The molecule has 0 saturated heterocycles. The van der Waals surface area contributed by atoms with Gasteiger partial charge in [-0.05, 0) is 4.57 Å². The van der Waals surface area contributed by atoms with Gasteiger partial charge in [0.1, 0.15) is 0 Å². The van der Waals surface area contributed by atoms with Crippen molar-refractivity contribution in [1.82, 2.24) is 5.32 Å². The van der Waals surface area contributed by atoms with E-state index in [1.54, 1.807) is 0 Å². The van der Waals surface area contributed by atoms with Gasteiger partial charge in [0.05, 0.1) is 0 Å². The quantitative estimate of drug-likeness (QED) is 0.514. The topological polar surface area (TPSA) is 104 Å². The van der Waals surface area contributed by atoms with E-state index in [9.17, 15) is 14.2 Å². The molecule has 12 heavy (non-hydrogen) atoms. The lowest BCUT2D eigenvalue weighted by molar-refractivity contribution is -0.140. The molecule has 0 aromatic carbocycles. The molecule has 3 N–H and O–H groups in total. The molecule has 2 atom stereocenters. The maximum atomic E-state index is 10.4. The second-order valence-corrected chi connectivity index (χ2v) is 3.20. The summed E-state index contributed by atoms with van der Waals surface area (Å²) >= 11 is 0. The Balaban J connectivity index is 4.14. The van der Waals surface area contributed by atoms with Crippen molar-refractivity contribution in [3.05, 3.63) is 0 Å². The van der Waals surface area contributed by atoms with Crippen LogP contribution >= 0.6 is 8.03 Å². The molecule has 0 radical (unpaired) electrons. The zero-order chi connectivity index (χ0) is 9.72. The summed E-state index contributed by atoms with van der Waals surface area (Å²) in [7, 11) is -2.55. The molecule has 1 amide bonds. The van der Waals surface area contributed by atoms with Gasteiger partial charge in [0.15, 0.2) is 6.04 Å². The smallest absolute Gasteiger partial charge is 0.480 e. The molecule has 0 fully saturated rings. The van der Waals surface area contributed by atoms with Gasteiger partial charge in [-0.25, -0.2) is 4.79 Å². The molecule has 6 nitrogen and oxygen atoms in total. The van der Waals surface area contributed by atoms with Crippen LogP contribution in [0.5, 0.6) is 0 Å². The Labute approximate surface area is 69.5 Å². The van der Waals surface area contributed by atoms with E-state index in [4.69, 9.17) is 10.00 Å². The molecular weight excluding hydrogens is 185 g/mol. The van der Waals surface area contributed by atoms with Crippen molar-refractivity contribution in [1.29, 1.82) is 0 Å². The first-order valence-corrected chi connectivity index (χ1v) is 4.46. The van der Waals surface area contributed by atoms with E-state index in [2.05, 4.69) is 0 Å². The molecule has 0 aromatic heterocycles. The van der Waals surface area contributed by atoms with E-state index >= 15 is 0 Å². The fraction of sp³-hybridized carbons (Fsp3) is 0.600. The number of rotatable bonds is 4. The van der Waals surface area contributed by atoms with Gasteiger partial charge in [0, 0.05) is 6.92 Å². The minimum Gasteiger partial charge on any atom is -0.480 e. The minimum atomic E-state index is -2.55. The first-order valence-electron chi connectivity index (χ1n) is 3.07. The minimum absolute atomic E-state index is 0.468. The molecule has 0 heterocycles. The molecule has 0 aromatic rings. The highest BCUT2D eigenvalue weighted by atomic mass is 31.1. The molecule has 0 bridgehead atoms. The van der Waals surface area contributed by atoms with Gasteiger partial charge in [0.2, 0.25) is 12.1 Å². The van der Waals surface area contributed by atoms with Crippen LogP contribution in [0.2, 0.25) is 0 Å². The Bertz CT molecular complexity index is 200. The molecule has 68 valence electrons. The second kappa shape index (κ2) is 4.79. The Morgan fingerprint density at radius 2 is 2.08 bits per heavy atom. The maximum absolute atomic E-state index is 10.4. The highest BCUT2D eigenvalue weighted by Crippen LogP contribution is 2.13. The van der Waals surface area contributed by atoms with Crippen LogP contribution in [0.4, 0.5) is 0 Å². The summed E-state index contributed by atoms with van der Waals surface area (Å²) in [5.74, 6) is -1.86. The summed E-state index contributed by atoms with van der Waals surface area (Å²) in [5, 5.41) is 10.4. The van der Waals surface area contributed by atoms with Crippen molar-refractivity contribution in [2.75, 3.05) is 6.16 Å². The summed E-state index contributed by atoms with van der Waals surface area (Å²) in [6.45, 7) is 1.14. The third kappa shape index (κ3) is 4.76. The Hall–Kier alpha value is -1.00. The predicted octanol–water partition coefficient (Wildman–Crippen LogP) is -0.690. The van der Waals surface area contributed by atoms with Crippen molar-refractivity contribution in [2.45, 2.75) is 13.0 Å². The van der Waals surface area contributed by atoms with Crippen molar-refractivity contribution in [3.8, 4) is 0 Å². The van der Waals surface area contributed by atoms with Crippen molar-refractivity contribution in [2.24, 2.45) is 0 Å². The average Bonchev–Trinajstić information content (AvgIpc) is 1.83. The number of amides is 1. The van der Waals surface area contributed by atoms with Crippen LogP contribution in [-0.2, 0) is 14.2 Å². The lowest BCUT2D eigenvalue weighted by Gasteiger charge is -2.05. The van der Waals surface area contributed by atoms with E-state index in [1.165, 1.54) is 0 Å². The van der Waals surface area contributed by atoms with E-state index in [1.807, 2.05) is 5.32 Å². The van der Waals surface area contributed by atoms with Gasteiger partial charge >= 0.3 is 14.0 Å². The van der Waals surface area contributed by atoms with Crippen LogP contribution in [0, 0.1) is 0 Å². The molecule has 0 saturated carbocycles. The maximum Gasteiger partial charge on any atom is 0.508 e. The van der Waals surface area contributed by atoms with Gasteiger partial charge in [0.25, 0.3) is 0 Å². The summed E-state index contributed by atoms with van der Waals surface area (Å²) in [6, 6.07) is -1.28. The van der Waals surface area contributed by atoms with Crippen LogP contribution in [0.25, 0.3) is 0 Å². The van der Waals surface area contributed by atoms with E-state index in [0.717, 1.165) is 6.92 Å². The zero-order valence-electron chi connectivity index (χ0n) is 6.35. The number of aliphatic carboxylic acids is 1. The van der Waals surface area contributed by atoms with Crippen LogP contribution in [-0.4, -0.2) is 34.1 Å². The molecule has 0 aliphatic rings. The average molecular weight is 194 g/mol. The number of hydrogen-bond acceptors (Lipinski definition) is 3. The number of nitrogens with one attached hydrogen (secondary N) is 1. The first-order chi connectivity index (χ1) is 5.43. The van der Waals surface area contributed by atoms with Crippen molar-refractivity contribution in [3.63, 3.8) is 0 Å². The molecular formula is C5H9NO5P+. The van der Waals surface area contributed by atoms with Crippen LogP contribution < -0.4 is 5.32 Å². The highest BCUT2D eigenvalue weighted by molar-refractivity contribution is 7.38. The zero-order valence-corrected chi connectivity index (χ0v) is 7.25. The normalized spacial score (nSPS) is 13.3. The first kappa shape index (κ1) is 11.0. The van der Waals surface area contributed by atoms with Crippen LogP contribution in [0.1, 0.15) is 6.92 Å². The molecule has 0 aliphatic carbocycles. The van der Waals surface area contributed by atoms with Crippen molar-refractivity contribution < 1.29 is 24.2 Å². The third-order valence-corrected chi connectivity index (χ3v) is 1.69. The van der Waals surface area contributed by atoms with Gasteiger partial charge in [-0.1, -0.05) is 0 Å². The van der Waals surface area contributed by atoms with Crippen LogP contribution in [0.3, 0.4) is 0 Å². The SMILES string of the molecule is CC(=O)N[C@H](C[P+](=O)O)C(=O)O. The van der Waals surface area contributed by atoms with Gasteiger partial charge in [-0.3, -0.25) is 4.79 Å². The third-order valence-electron chi connectivity index (χ3n) is 1.01. The largest absolute Gasteiger partial charge is 0.508 e. The van der Waals surface area contributed by atoms with Crippen LogP contribution in [0.15, 0.2) is 0 Å². The molecule has 7 heteroatoms. The lowest BCUT2D eigenvalue weighted by Crippen LogP contribution is -2.41. The highest BCUT2D eigenvalue weighted by Gasteiger charge is 2.28. The molecule has 0 spiro atoms. The molecule has 0 aliphatic heterocycles. The summed E-state index contributed by atoms with van der Waals surface area (Å²) in [6.07, 6.45) is -0.468. The number of carbonyl (C=O) groups excluding carboxylic acids is 1. The fourth-order valence-corrected chi connectivity index (χ4v) is 1.15. The monoisotopic (exact) mass is 194 g/mol. The van der Waals surface area contributed by atoms with E-state index in [0.29, 0.717) is 0 Å². The van der Waals surface area contributed by atoms with E-state index < -0.39 is 32.1 Å². The molecule has 1 unspecified atom stereocenters. The van der Waals surface area contributed by atoms with Crippen molar-refractivity contribution >= 4 is 19.9 Å². The Morgan fingerprint density at radius 1 is 1.58 bits per heavy atom. The Morgan fingerprint density at radius 3 is 2.33 bits per heavy atom. The standard InChI is InChI=1S/C5H8NO5P/c1-3(7)6-4(5(8)9)2-12(10)11/h4H,2H2,1H3,(H2-,6,7,8,9,10,11)/p+1/t4-/m1/s1.